The van der Waals surface area contributed by atoms with E-state index in [1.54, 1.807) is 0 Å². The Bertz CT molecular complexity index is 494. The highest BCUT2D eigenvalue weighted by molar-refractivity contribution is 6.03. The first-order chi connectivity index (χ1) is 9.75. The van der Waals surface area contributed by atoms with Gasteiger partial charge in [0.25, 0.3) is 0 Å². The molecule has 1 saturated heterocycles. The molecule has 4 nitrogen and oxygen atoms in total. The van der Waals surface area contributed by atoms with E-state index in [-0.39, 0.29) is 23.8 Å². The molecule has 2 fully saturated rings. The fourth-order valence-corrected chi connectivity index (χ4v) is 3.29. The van der Waals surface area contributed by atoms with Gasteiger partial charge in [-0.15, -0.1) is 0 Å². The highest BCUT2D eigenvalue weighted by Gasteiger charge is 2.41. The lowest BCUT2D eigenvalue weighted by Crippen LogP contribution is -2.41. The number of hydrogen-bond acceptors (Lipinski definition) is 2. The maximum absolute atomic E-state index is 12.4. The first-order valence-electron chi connectivity index (χ1n) is 7.39. The predicted molar refractivity (Wildman–Crippen MR) is 76.1 cm³/mol. The monoisotopic (exact) mass is 272 g/mol. The molecule has 1 aliphatic carbocycles. The van der Waals surface area contributed by atoms with Crippen LogP contribution < -0.4 is 10.6 Å². The SMILES string of the molecule is O=C1NCC(c2ccccc2)C1C(=O)NC1CCCC1. The van der Waals surface area contributed by atoms with Gasteiger partial charge in [-0.2, -0.15) is 0 Å². The standard InChI is InChI=1S/C16H20N2O2/c19-15-14(16(20)18-12-8-4-5-9-12)13(10-17-15)11-6-2-1-3-7-11/h1-3,6-7,12-14H,4-5,8-10H2,(H,17,19)(H,18,20). The number of rotatable bonds is 3. The van der Waals surface area contributed by atoms with Gasteiger partial charge < -0.3 is 10.6 Å². The summed E-state index contributed by atoms with van der Waals surface area (Å²) in [7, 11) is 0. The average molecular weight is 272 g/mol. The zero-order valence-corrected chi connectivity index (χ0v) is 11.5. The van der Waals surface area contributed by atoms with Gasteiger partial charge in [0, 0.05) is 18.5 Å². The summed E-state index contributed by atoms with van der Waals surface area (Å²) in [5.74, 6) is -0.891. The summed E-state index contributed by atoms with van der Waals surface area (Å²) in [6.45, 7) is 0.547. The first-order valence-corrected chi connectivity index (χ1v) is 7.39. The van der Waals surface area contributed by atoms with Crippen LogP contribution in [0.4, 0.5) is 0 Å². The molecule has 1 aromatic rings. The van der Waals surface area contributed by atoms with E-state index in [9.17, 15) is 9.59 Å². The fourth-order valence-electron chi connectivity index (χ4n) is 3.29. The number of hydrogen-bond donors (Lipinski definition) is 2. The number of amides is 2. The van der Waals surface area contributed by atoms with Crippen molar-refractivity contribution in [2.75, 3.05) is 6.54 Å². The van der Waals surface area contributed by atoms with Crippen LogP contribution in [0, 0.1) is 5.92 Å². The van der Waals surface area contributed by atoms with Crippen LogP contribution >= 0.6 is 0 Å². The molecule has 2 amide bonds. The highest BCUT2D eigenvalue weighted by Crippen LogP contribution is 2.29. The summed E-state index contributed by atoms with van der Waals surface area (Å²) in [5, 5.41) is 5.88. The lowest BCUT2D eigenvalue weighted by atomic mass is 9.88. The summed E-state index contributed by atoms with van der Waals surface area (Å²) in [4.78, 5) is 24.4. The van der Waals surface area contributed by atoms with Crippen molar-refractivity contribution in [3.05, 3.63) is 35.9 Å². The number of carbonyl (C=O) groups is 2. The van der Waals surface area contributed by atoms with E-state index in [1.165, 1.54) is 12.8 Å². The lowest BCUT2D eigenvalue weighted by molar-refractivity contribution is -0.133. The molecular formula is C16H20N2O2. The molecule has 0 bridgehead atoms. The zero-order valence-electron chi connectivity index (χ0n) is 11.5. The number of nitrogens with one attached hydrogen (secondary N) is 2. The van der Waals surface area contributed by atoms with E-state index in [4.69, 9.17) is 0 Å². The quantitative estimate of drug-likeness (QED) is 0.821. The molecule has 2 N–H and O–H groups in total. The van der Waals surface area contributed by atoms with Crippen molar-refractivity contribution in [1.29, 1.82) is 0 Å². The molecule has 4 heteroatoms. The minimum Gasteiger partial charge on any atom is -0.355 e. The van der Waals surface area contributed by atoms with Crippen molar-refractivity contribution >= 4 is 11.8 Å². The van der Waals surface area contributed by atoms with Gasteiger partial charge in [-0.25, -0.2) is 0 Å². The van der Waals surface area contributed by atoms with Crippen LogP contribution in [0.5, 0.6) is 0 Å². The zero-order chi connectivity index (χ0) is 13.9. The maximum atomic E-state index is 12.4. The normalized spacial score (nSPS) is 26.5. The third-order valence-electron chi connectivity index (χ3n) is 4.39. The lowest BCUT2D eigenvalue weighted by Gasteiger charge is -2.19. The third-order valence-corrected chi connectivity index (χ3v) is 4.39. The molecule has 1 heterocycles. The van der Waals surface area contributed by atoms with Gasteiger partial charge in [-0.1, -0.05) is 43.2 Å². The molecule has 1 aromatic carbocycles. The smallest absolute Gasteiger partial charge is 0.233 e. The van der Waals surface area contributed by atoms with E-state index in [0.717, 1.165) is 18.4 Å². The summed E-state index contributed by atoms with van der Waals surface area (Å²) in [6.07, 6.45) is 4.42. The molecule has 1 aliphatic heterocycles. The van der Waals surface area contributed by atoms with Crippen LogP contribution in [-0.2, 0) is 9.59 Å². The van der Waals surface area contributed by atoms with Crippen LogP contribution in [0.1, 0.15) is 37.2 Å². The predicted octanol–water partition coefficient (Wildman–Crippen LogP) is 1.57. The Hall–Kier alpha value is -1.84. The number of carbonyl (C=O) groups excluding carboxylic acids is 2. The summed E-state index contributed by atoms with van der Waals surface area (Å²) >= 11 is 0. The van der Waals surface area contributed by atoms with Crippen molar-refractivity contribution in [1.82, 2.24) is 10.6 Å². The van der Waals surface area contributed by atoms with Gasteiger partial charge in [-0.05, 0) is 18.4 Å². The van der Waals surface area contributed by atoms with Gasteiger partial charge in [-0.3, -0.25) is 9.59 Å². The Morgan fingerprint density at radius 3 is 2.55 bits per heavy atom. The van der Waals surface area contributed by atoms with Crippen molar-refractivity contribution < 1.29 is 9.59 Å². The average Bonchev–Trinajstić information content (AvgIpc) is 3.09. The maximum Gasteiger partial charge on any atom is 0.233 e. The van der Waals surface area contributed by atoms with Crippen molar-refractivity contribution in [2.24, 2.45) is 5.92 Å². The van der Waals surface area contributed by atoms with E-state index in [1.807, 2.05) is 30.3 Å². The second-order valence-corrected chi connectivity index (χ2v) is 5.73. The molecule has 2 atom stereocenters. The molecular weight excluding hydrogens is 252 g/mol. The molecule has 1 saturated carbocycles. The van der Waals surface area contributed by atoms with Crippen molar-refractivity contribution in [3.8, 4) is 0 Å². The molecule has 0 spiro atoms. The van der Waals surface area contributed by atoms with Crippen LogP contribution in [-0.4, -0.2) is 24.4 Å². The molecule has 2 aliphatic rings. The van der Waals surface area contributed by atoms with E-state index < -0.39 is 5.92 Å². The Kier molecular flexibility index (Phi) is 3.72. The van der Waals surface area contributed by atoms with Gasteiger partial charge in [0.05, 0.1) is 0 Å². The largest absolute Gasteiger partial charge is 0.355 e. The third kappa shape index (κ3) is 2.55. The molecule has 0 aromatic heterocycles. The van der Waals surface area contributed by atoms with Gasteiger partial charge in [0.15, 0.2) is 0 Å². The van der Waals surface area contributed by atoms with E-state index in [0.29, 0.717) is 6.54 Å². The van der Waals surface area contributed by atoms with Gasteiger partial charge in [0.1, 0.15) is 5.92 Å². The van der Waals surface area contributed by atoms with E-state index in [2.05, 4.69) is 10.6 Å². The second-order valence-electron chi connectivity index (χ2n) is 5.73. The topological polar surface area (TPSA) is 58.2 Å². The van der Waals surface area contributed by atoms with Crippen molar-refractivity contribution in [3.63, 3.8) is 0 Å². The Labute approximate surface area is 118 Å². The Balaban J connectivity index is 1.74. The second kappa shape index (κ2) is 5.65. The highest BCUT2D eigenvalue weighted by atomic mass is 16.2. The summed E-state index contributed by atoms with van der Waals surface area (Å²) < 4.78 is 0. The molecule has 20 heavy (non-hydrogen) atoms. The Morgan fingerprint density at radius 1 is 1.15 bits per heavy atom. The Morgan fingerprint density at radius 2 is 1.85 bits per heavy atom. The fraction of sp³-hybridized carbons (Fsp3) is 0.500. The molecule has 0 radical (unpaired) electrons. The van der Waals surface area contributed by atoms with Crippen LogP contribution in [0.3, 0.4) is 0 Å². The van der Waals surface area contributed by atoms with Gasteiger partial charge in [0.2, 0.25) is 11.8 Å². The molecule has 106 valence electrons. The minimum atomic E-state index is -0.585. The number of benzene rings is 1. The summed E-state index contributed by atoms with van der Waals surface area (Å²) in [6, 6.07) is 10.1. The van der Waals surface area contributed by atoms with Crippen LogP contribution in [0.25, 0.3) is 0 Å². The van der Waals surface area contributed by atoms with Crippen LogP contribution in [0.15, 0.2) is 30.3 Å². The summed E-state index contributed by atoms with van der Waals surface area (Å²) in [5.41, 5.74) is 1.05. The van der Waals surface area contributed by atoms with Crippen LogP contribution in [0.2, 0.25) is 0 Å². The minimum absolute atomic E-state index is 0.0508. The molecule has 3 rings (SSSR count). The van der Waals surface area contributed by atoms with E-state index >= 15 is 0 Å². The van der Waals surface area contributed by atoms with Crippen molar-refractivity contribution in [2.45, 2.75) is 37.6 Å². The molecule has 2 unspecified atom stereocenters. The first kappa shape index (κ1) is 13.2. The van der Waals surface area contributed by atoms with Gasteiger partial charge >= 0.3 is 0 Å².